The number of hydrogen-bond acceptors (Lipinski definition) is 3. The molecule has 0 bridgehead atoms. The Morgan fingerprint density at radius 1 is 1.35 bits per heavy atom. The first-order valence-corrected chi connectivity index (χ1v) is 9.23. The highest BCUT2D eigenvalue weighted by Crippen LogP contribution is 2.38. The van der Waals surface area contributed by atoms with E-state index in [4.69, 9.17) is 11.6 Å². The number of carbonyl (C=O) groups excluding carboxylic acids is 2. The van der Waals surface area contributed by atoms with Crippen molar-refractivity contribution in [2.75, 3.05) is 18.4 Å². The number of nitrogens with zero attached hydrogens (tertiary/aromatic N) is 1. The van der Waals surface area contributed by atoms with Gasteiger partial charge in [-0.1, -0.05) is 25.4 Å². The number of nitrogens with one attached hydrogen (secondary N) is 1. The fourth-order valence-corrected chi connectivity index (χ4v) is 4.67. The van der Waals surface area contributed by atoms with Crippen LogP contribution in [0.25, 0.3) is 0 Å². The van der Waals surface area contributed by atoms with Gasteiger partial charge in [-0.05, 0) is 36.5 Å². The molecule has 1 aromatic carbocycles. The number of hydrogen-bond donors (Lipinski definition) is 1. The van der Waals surface area contributed by atoms with E-state index in [1.54, 1.807) is 12.1 Å². The minimum atomic E-state index is -0.372. The molecule has 0 saturated carbocycles. The summed E-state index contributed by atoms with van der Waals surface area (Å²) in [6.45, 7) is 5.96. The largest absolute Gasteiger partial charge is 0.342 e. The van der Waals surface area contributed by atoms with Gasteiger partial charge in [0.15, 0.2) is 0 Å². The Kier molecular flexibility index (Phi) is 4.87. The Bertz CT molecular complexity index is 627. The summed E-state index contributed by atoms with van der Waals surface area (Å²) in [7, 11) is 0. The summed E-state index contributed by atoms with van der Waals surface area (Å²) >= 11 is 7.40. The lowest BCUT2D eigenvalue weighted by Gasteiger charge is -2.36. The van der Waals surface area contributed by atoms with Gasteiger partial charge in [-0.15, -0.1) is 11.8 Å². The average Bonchev–Trinajstić information content (AvgIpc) is 2.47. The third-order valence-corrected chi connectivity index (χ3v) is 5.85. The minimum Gasteiger partial charge on any atom is -0.342 e. The van der Waals surface area contributed by atoms with Crippen molar-refractivity contribution in [2.45, 2.75) is 36.8 Å². The molecule has 2 heterocycles. The van der Waals surface area contributed by atoms with Crippen LogP contribution in [-0.2, 0) is 9.59 Å². The molecule has 2 amide bonds. The quantitative estimate of drug-likeness (QED) is 0.883. The predicted octanol–water partition coefficient (Wildman–Crippen LogP) is 3.65. The molecular formula is C17H21ClN2O2S. The molecule has 2 aliphatic rings. The molecule has 1 fully saturated rings. The maximum atomic E-state index is 12.6. The summed E-state index contributed by atoms with van der Waals surface area (Å²) in [5.41, 5.74) is 0.733. The van der Waals surface area contributed by atoms with Crippen LogP contribution < -0.4 is 5.32 Å². The van der Waals surface area contributed by atoms with Gasteiger partial charge in [0, 0.05) is 29.4 Å². The van der Waals surface area contributed by atoms with Crippen LogP contribution in [0, 0.1) is 11.8 Å². The van der Waals surface area contributed by atoms with E-state index in [9.17, 15) is 9.59 Å². The zero-order valence-electron chi connectivity index (χ0n) is 13.3. The number of anilines is 1. The number of halogens is 1. The molecule has 6 heteroatoms. The fourth-order valence-electron chi connectivity index (χ4n) is 3.41. The second-order valence-electron chi connectivity index (χ2n) is 6.69. The zero-order valence-corrected chi connectivity index (χ0v) is 14.9. The third kappa shape index (κ3) is 3.83. The lowest BCUT2D eigenvalue weighted by molar-refractivity contribution is -0.135. The molecular weight excluding hydrogens is 332 g/mol. The van der Waals surface area contributed by atoms with Crippen molar-refractivity contribution in [3.05, 3.63) is 23.2 Å². The normalized spacial score (nSPS) is 27.3. The molecule has 23 heavy (non-hydrogen) atoms. The molecule has 0 aliphatic carbocycles. The van der Waals surface area contributed by atoms with Gasteiger partial charge >= 0.3 is 0 Å². The zero-order chi connectivity index (χ0) is 16.6. The Morgan fingerprint density at radius 3 is 2.74 bits per heavy atom. The standard InChI is InChI=1S/C17H21ClN2O2S/c1-10-5-11(2)9-20(8-10)16(21)7-15-17(22)19-13-6-12(18)3-4-14(13)23-15/h3-4,6,10-11,15H,5,7-9H2,1-2H3,(H,19,22). The topological polar surface area (TPSA) is 49.4 Å². The molecule has 3 rings (SSSR count). The van der Waals surface area contributed by atoms with Crippen molar-refractivity contribution in [3.8, 4) is 0 Å². The van der Waals surface area contributed by atoms with Crippen LogP contribution >= 0.6 is 23.4 Å². The van der Waals surface area contributed by atoms with Crippen molar-refractivity contribution in [2.24, 2.45) is 11.8 Å². The van der Waals surface area contributed by atoms with Crippen LogP contribution in [0.1, 0.15) is 26.7 Å². The Morgan fingerprint density at radius 2 is 2.04 bits per heavy atom. The first-order chi connectivity index (χ1) is 10.9. The van der Waals surface area contributed by atoms with E-state index in [0.29, 0.717) is 16.9 Å². The highest BCUT2D eigenvalue weighted by atomic mass is 35.5. The smallest absolute Gasteiger partial charge is 0.238 e. The van der Waals surface area contributed by atoms with Gasteiger partial charge in [-0.25, -0.2) is 0 Å². The average molecular weight is 353 g/mol. The molecule has 1 N–H and O–H groups in total. The summed E-state index contributed by atoms with van der Waals surface area (Å²) in [6, 6.07) is 5.44. The summed E-state index contributed by atoms with van der Waals surface area (Å²) in [5, 5.41) is 3.08. The molecule has 1 saturated heterocycles. The molecule has 0 aromatic heterocycles. The van der Waals surface area contributed by atoms with E-state index in [1.165, 1.54) is 11.8 Å². The number of piperidine rings is 1. The van der Waals surface area contributed by atoms with Crippen molar-refractivity contribution in [1.82, 2.24) is 4.90 Å². The summed E-state index contributed by atoms with van der Waals surface area (Å²) in [4.78, 5) is 27.7. The number of amides is 2. The van der Waals surface area contributed by atoms with Gasteiger partial charge in [-0.3, -0.25) is 9.59 Å². The second-order valence-corrected chi connectivity index (χ2v) is 8.37. The molecule has 4 nitrogen and oxygen atoms in total. The van der Waals surface area contributed by atoms with Crippen LogP contribution in [0.4, 0.5) is 5.69 Å². The van der Waals surface area contributed by atoms with Crippen LogP contribution in [-0.4, -0.2) is 35.1 Å². The molecule has 2 aliphatic heterocycles. The highest BCUT2D eigenvalue weighted by molar-refractivity contribution is 8.01. The Hall–Kier alpha value is -1.20. The molecule has 0 spiro atoms. The Balaban J connectivity index is 1.67. The molecule has 0 radical (unpaired) electrons. The van der Waals surface area contributed by atoms with E-state index in [0.717, 1.165) is 30.1 Å². The van der Waals surface area contributed by atoms with Crippen LogP contribution in [0.2, 0.25) is 5.02 Å². The fraction of sp³-hybridized carbons (Fsp3) is 0.529. The SMILES string of the molecule is CC1CC(C)CN(C(=O)CC2Sc3ccc(Cl)cc3NC2=O)C1. The van der Waals surface area contributed by atoms with E-state index in [-0.39, 0.29) is 23.5 Å². The van der Waals surface area contributed by atoms with Crippen LogP contribution in [0.5, 0.6) is 0 Å². The van der Waals surface area contributed by atoms with E-state index >= 15 is 0 Å². The molecule has 1 aromatic rings. The third-order valence-electron chi connectivity index (χ3n) is 4.34. The Labute approximate surface area is 145 Å². The lowest BCUT2D eigenvalue weighted by atomic mass is 9.91. The second kappa shape index (κ2) is 6.73. The molecule has 3 atom stereocenters. The van der Waals surface area contributed by atoms with Gasteiger partial charge in [0.05, 0.1) is 10.9 Å². The van der Waals surface area contributed by atoms with Gasteiger partial charge < -0.3 is 10.2 Å². The predicted molar refractivity (Wildman–Crippen MR) is 93.9 cm³/mol. The maximum Gasteiger partial charge on any atom is 0.238 e. The first-order valence-electron chi connectivity index (χ1n) is 7.97. The number of benzene rings is 1. The first kappa shape index (κ1) is 16.7. The lowest BCUT2D eigenvalue weighted by Crippen LogP contribution is -2.44. The van der Waals surface area contributed by atoms with Crippen molar-refractivity contribution < 1.29 is 9.59 Å². The van der Waals surface area contributed by atoms with E-state index < -0.39 is 0 Å². The number of fused-ring (bicyclic) bond motifs is 1. The maximum absolute atomic E-state index is 12.6. The summed E-state index contributed by atoms with van der Waals surface area (Å²) in [5.74, 6) is 1.02. The van der Waals surface area contributed by atoms with Crippen LogP contribution in [0.3, 0.4) is 0 Å². The number of thioether (sulfide) groups is 1. The van der Waals surface area contributed by atoms with Crippen molar-refractivity contribution in [1.29, 1.82) is 0 Å². The monoisotopic (exact) mass is 352 g/mol. The minimum absolute atomic E-state index is 0.0773. The van der Waals surface area contributed by atoms with E-state index in [2.05, 4.69) is 19.2 Å². The van der Waals surface area contributed by atoms with Crippen molar-refractivity contribution >= 4 is 40.9 Å². The summed E-state index contributed by atoms with van der Waals surface area (Å²) in [6.07, 6.45) is 1.41. The molecule has 124 valence electrons. The number of likely N-dealkylation sites (tertiary alicyclic amines) is 1. The number of carbonyl (C=O) groups is 2. The molecule has 3 unspecified atom stereocenters. The van der Waals surface area contributed by atoms with E-state index in [1.807, 2.05) is 11.0 Å². The van der Waals surface area contributed by atoms with Crippen LogP contribution in [0.15, 0.2) is 23.1 Å². The highest BCUT2D eigenvalue weighted by Gasteiger charge is 2.32. The van der Waals surface area contributed by atoms with Gasteiger partial charge in [0.2, 0.25) is 11.8 Å². The van der Waals surface area contributed by atoms with Gasteiger partial charge in [-0.2, -0.15) is 0 Å². The van der Waals surface area contributed by atoms with Crippen molar-refractivity contribution in [3.63, 3.8) is 0 Å². The summed E-state index contributed by atoms with van der Waals surface area (Å²) < 4.78 is 0. The van der Waals surface area contributed by atoms with Gasteiger partial charge in [0.25, 0.3) is 0 Å². The number of rotatable bonds is 2. The van der Waals surface area contributed by atoms with Gasteiger partial charge in [0.1, 0.15) is 0 Å².